The van der Waals surface area contributed by atoms with Gasteiger partial charge in [0, 0.05) is 5.69 Å². The fourth-order valence-corrected chi connectivity index (χ4v) is 2.28. The number of carbonyl (C=O) groups excluding carboxylic acids is 1. The summed E-state index contributed by atoms with van der Waals surface area (Å²) in [6, 6.07) is 16.4. The van der Waals surface area contributed by atoms with Gasteiger partial charge < -0.3 is 5.32 Å². The van der Waals surface area contributed by atoms with E-state index in [-0.39, 0.29) is 5.91 Å². The van der Waals surface area contributed by atoms with Crippen molar-refractivity contribution < 1.29 is 4.79 Å². The Morgan fingerprint density at radius 2 is 1.82 bits per heavy atom. The molecule has 2 aromatic carbocycles. The van der Waals surface area contributed by atoms with Gasteiger partial charge in [-0.3, -0.25) is 4.79 Å². The first kappa shape index (κ1) is 10.1. The summed E-state index contributed by atoms with van der Waals surface area (Å²) in [5.74, 6) is 0.0977. The Hall–Kier alpha value is -2.09. The van der Waals surface area contributed by atoms with Crippen LogP contribution in [-0.4, -0.2) is 5.91 Å². The topological polar surface area (TPSA) is 29.1 Å². The van der Waals surface area contributed by atoms with Crippen molar-refractivity contribution >= 4 is 11.6 Å². The van der Waals surface area contributed by atoms with Crippen LogP contribution < -0.4 is 5.32 Å². The molecule has 1 aliphatic rings. The van der Waals surface area contributed by atoms with E-state index in [0.29, 0.717) is 6.42 Å². The van der Waals surface area contributed by atoms with Crippen molar-refractivity contribution in [3.8, 4) is 0 Å². The average molecular weight is 223 g/mol. The molecule has 1 aliphatic heterocycles. The van der Waals surface area contributed by atoms with Crippen molar-refractivity contribution in [2.24, 2.45) is 0 Å². The third-order valence-corrected chi connectivity index (χ3v) is 3.09. The van der Waals surface area contributed by atoms with Crippen molar-refractivity contribution in [2.45, 2.75) is 12.8 Å². The molecule has 0 saturated heterocycles. The van der Waals surface area contributed by atoms with Crippen LogP contribution in [0, 0.1) is 0 Å². The third kappa shape index (κ3) is 1.94. The Kier molecular flexibility index (Phi) is 2.41. The maximum atomic E-state index is 11.4. The van der Waals surface area contributed by atoms with Crippen LogP contribution in [0.3, 0.4) is 0 Å². The summed E-state index contributed by atoms with van der Waals surface area (Å²) in [6.45, 7) is 0. The quantitative estimate of drug-likeness (QED) is 0.833. The fraction of sp³-hybridized carbons (Fsp3) is 0.133. The molecule has 17 heavy (non-hydrogen) atoms. The van der Waals surface area contributed by atoms with Gasteiger partial charge >= 0.3 is 0 Å². The second kappa shape index (κ2) is 4.06. The zero-order valence-electron chi connectivity index (χ0n) is 9.44. The number of nitrogens with one attached hydrogen (secondary N) is 1. The first-order chi connectivity index (χ1) is 8.33. The highest BCUT2D eigenvalue weighted by Crippen LogP contribution is 2.28. The highest BCUT2D eigenvalue weighted by molar-refractivity contribution is 6.00. The van der Waals surface area contributed by atoms with Gasteiger partial charge in [-0.25, -0.2) is 0 Å². The van der Waals surface area contributed by atoms with Crippen LogP contribution >= 0.6 is 0 Å². The fourth-order valence-electron chi connectivity index (χ4n) is 2.28. The Labute approximate surface area is 100 Å². The maximum absolute atomic E-state index is 11.4. The van der Waals surface area contributed by atoms with Crippen LogP contribution in [0.1, 0.15) is 16.7 Å². The van der Waals surface area contributed by atoms with Gasteiger partial charge in [-0.15, -0.1) is 0 Å². The zero-order valence-corrected chi connectivity index (χ0v) is 9.44. The summed E-state index contributed by atoms with van der Waals surface area (Å²) in [6.07, 6.45) is 1.38. The molecule has 0 aromatic heterocycles. The molecular weight excluding hydrogens is 210 g/mol. The minimum absolute atomic E-state index is 0.0977. The van der Waals surface area contributed by atoms with E-state index in [2.05, 4.69) is 23.5 Å². The number of hydrogen-bond donors (Lipinski definition) is 1. The predicted molar refractivity (Wildman–Crippen MR) is 68.0 cm³/mol. The minimum Gasteiger partial charge on any atom is -0.325 e. The van der Waals surface area contributed by atoms with E-state index in [1.165, 1.54) is 11.1 Å². The van der Waals surface area contributed by atoms with Crippen molar-refractivity contribution in [2.75, 3.05) is 5.32 Å². The molecule has 84 valence electrons. The van der Waals surface area contributed by atoms with E-state index in [0.717, 1.165) is 17.7 Å². The maximum Gasteiger partial charge on any atom is 0.228 e. The highest BCUT2D eigenvalue weighted by Gasteiger charge is 2.19. The van der Waals surface area contributed by atoms with Crippen LogP contribution in [0.2, 0.25) is 0 Å². The highest BCUT2D eigenvalue weighted by atomic mass is 16.1. The molecule has 1 amide bonds. The van der Waals surface area contributed by atoms with E-state index in [1.807, 2.05) is 30.3 Å². The lowest BCUT2D eigenvalue weighted by Crippen LogP contribution is -2.05. The molecule has 0 radical (unpaired) electrons. The summed E-state index contributed by atoms with van der Waals surface area (Å²) in [4.78, 5) is 11.4. The zero-order chi connectivity index (χ0) is 11.7. The lowest BCUT2D eigenvalue weighted by atomic mass is 10.0. The van der Waals surface area contributed by atoms with Crippen LogP contribution in [-0.2, 0) is 17.6 Å². The largest absolute Gasteiger partial charge is 0.325 e. The summed E-state index contributed by atoms with van der Waals surface area (Å²) in [5, 5.41) is 2.95. The minimum atomic E-state index is 0.0977. The van der Waals surface area contributed by atoms with Crippen molar-refractivity contribution in [1.82, 2.24) is 0 Å². The van der Waals surface area contributed by atoms with Crippen molar-refractivity contribution in [3.05, 3.63) is 65.2 Å². The molecule has 3 rings (SSSR count). The second-order valence-corrected chi connectivity index (χ2v) is 4.34. The molecule has 0 unspecified atom stereocenters. The van der Waals surface area contributed by atoms with Gasteiger partial charge in [0.05, 0.1) is 6.42 Å². The SMILES string of the molecule is O=C1Cc2cccc(Cc3ccccc3)c2N1. The number of anilines is 1. The molecule has 0 fully saturated rings. The molecule has 1 N–H and O–H groups in total. The van der Waals surface area contributed by atoms with E-state index in [9.17, 15) is 4.79 Å². The summed E-state index contributed by atoms with van der Waals surface area (Å²) >= 11 is 0. The molecule has 0 aliphatic carbocycles. The predicted octanol–water partition coefficient (Wildman–Crippen LogP) is 2.77. The monoisotopic (exact) mass is 223 g/mol. The number of fused-ring (bicyclic) bond motifs is 1. The molecule has 2 heteroatoms. The Morgan fingerprint density at radius 3 is 2.65 bits per heavy atom. The normalized spacial score (nSPS) is 13.3. The van der Waals surface area contributed by atoms with E-state index in [1.54, 1.807) is 0 Å². The number of hydrogen-bond acceptors (Lipinski definition) is 1. The van der Waals surface area contributed by atoms with E-state index >= 15 is 0 Å². The number of carbonyl (C=O) groups is 1. The van der Waals surface area contributed by atoms with Crippen LogP contribution in [0.15, 0.2) is 48.5 Å². The molecule has 2 nitrogen and oxygen atoms in total. The van der Waals surface area contributed by atoms with Gasteiger partial charge in [0.15, 0.2) is 0 Å². The Bertz CT molecular complexity index is 560. The Balaban J connectivity index is 1.95. The van der Waals surface area contributed by atoms with E-state index < -0.39 is 0 Å². The third-order valence-electron chi connectivity index (χ3n) is 3.09. The van der Waals surface area contributed by atoms with Gasteiger partial charge in [-0.2, -0.15) is 0 Å². The molecule has 0 spiro atoms. The van der Waals surface area contributed by atoms with Gasteiger partial charge in [0.1, 0.15) is 0 Å². The second-order valence-electron chi connectivity index (χ2n) is 4.34. The molecule has 0 atom stereocenters. The number of benzene rings is 2. The van der Waals surface area contributed by atoms with Crippen LogP contribution in [0.5, 0.6) is 0 Å². The van der Waals surface area contributed by atoms with Crippen molar-refractivity contribution in [3.63, 3.8) is 0 Å². The van der Waals surface area contributed by atoms with E-state index in [4.69, 9.17) is 0 Å². The lowest BCUT2D eigenvalue weighted by molar-refractivity contribution is -0.115. The van der Waals surface area contributed by atoms with Gasteiger partial charge in [0.25, 0.3) is 0 Å². The molecule has 0 saturated carbocycles. The number of para-hydroxylation sites is 1. The summed E-state index contributed by atoms with van der Waals surface area (Å²) in [5.41, 5.74) is 4.59. The van der Waals surface area contributed by atoms with Gasteiger partial charge in [0.2, 0.25) is 5.91 Å². The molecule has 1 heterocycles. The summed E-state index contributed by atoms with van der Waals surface area (Å²) in [7, 11) is 0. The van der Waals surface area contributed by atoms with Crippen molar-refractivity contribution in [1.29, 1.82) is 0 Å². The number of rotatable bonds is 2. The molecular formula is C15H13NO. The lowest BCUT2D eigenvalue weighted by Gasteiger charge is -2.07. The molecule has 2 aromatic rings. The Morgan fingerprint density at radius 1 is 1.00 bits per heavy atom. The standard InChI is InChI=1S/C15H13NO/c17-14-10-13-8-4-7-12(15(13)16-14)9-11-5-2-1-3-6-11/h1-8H,9-10H2,(H,16,17). The van der Waals surface area contributed by atoms with Crippen LogP contribution in [0.25, 0.3) is 0 Å². The first-order valence-corrected chi connectivity index (χ1v) is 5.77. The first-order valence-electron chi connectivity index (χ1n) is 5.77. The smallest absolute Gasteiger partial charge is 0.228 e. The molecule has 0 bridgehead atoms. The van der Waals surface area contributed by atoms with Gasteiger partial charge in [-0.05, 0) is 23.1 Å². The van der Waals surface area contributed by atoms with Gasteiger partial charge in [-0.1, -0.05) is 48.5 Å². The summed E-state index contributed by atoms with van der Waals surface area (Å²) < 4.78 is 0. The average Bonchev–Trinajstić information content (AvgIpc) is 2.72. The van der Waals surface area contributed by atoms with Crippen LogP contribution in [0.4, 0.5) is 5.69 Å². The number of amides is 1.